The molecule has 0 unspecified atom stereocenters. The SMILES string of the molecule is O=C(O)[C@H]1Cc2nccnc2CN1S(=O)(=O)c1ccc(OCCO)cc1. The van der Waals surface area contributed by atoms with E-state index in [2.05, 4.69) is 9.97 Å². The van der Waals surface area contributed by atoms with E-state index in [1.54, 1.807) is 0 Å². The van der Waals surface area contributed by atoms with Crippen LogP contribution in [-0.4, -0.2) is 58.1 Å². The molecule has 2 aromatic rings. The number of carboxylic acids is 1. The Morgan fingerprint density at radius 2 is 1.85 bits per heavy atom. The highest BCUT2D eigenvalue weighted by Gasteiger charge is 2.40. The predicted octanol–water partition coefficient (Wildman–Crippen LogP) is 0.0479. The fourth-order valence-corrected chi connectivity index (χ4v) is 4.25. The first-order valence-electron chi connectivity index (χ1n) is 7.80. The van der Waals surface area contributed by atoms with Crippen LogP contribution in [0.15, 0.2) is 41.6 Å². The van der Waals surface area contributed by atoms with Gasteiger partial charge in [0.25, 0.3) is 0 Å². The summed E-state index contributed by atoms with van der Waals surface area (Å²) in [6.45, 7) is -0.228. The average molecular weight is 379 g/mol. The lowest BCUT2D eigenvalue weighted by Gasteiger charge is -2.32. The molecule has 1 aliphatic rings. The summed E-state index contributed by atoms with van der Waals surface area (Å²) in [5, 5.41) is 18.2. The average Bonchev–Trinajstić information content (AvgIpc) is 2.65. The predicted molar refractivity (Wildman–Crippen MR) is 88.9 cm³/mol. The van der Waals surface area contributed by atoms with Crippen molar-refractivity contribution in [2.45, 2.75) is 23.9 Å². The molecule has 1 aromatic carbocycles. The van der Waals surface area contributed by atoms with Gasteiger partial charge in [-0.2, -0.15) is 4.31 Å². The smallest absolute Gasteiger partial charge is 0.322 e. The van der Waals surface area contributed by atoms with E-state index in [0.717, 1.165) is 4.31 Å². The molecule has 0 bridgehead atoms. The zero-order valence-electron chi connectivity index (χ0n) is 13.6. The fourth-order valence-electron chi connectivity index (χ4n) is 2.71. The molecule has 0 spiro atoms. The monoisotopic (exact) mass is 379 g/mol. The van der Waals surface area contributed by atoms with E-state index in [1.807, 2.05) is 0 Å². The molecule has 0 aliphatic carbocycles. The number of ether oxygens (including phenoxy) is 1. The van der Waals surface area contributed by atoms with E-state index in [4.69, 9.17) is 9.84 Å². The van der Waals surface area contributed by atoms with Crippen molar-refractivity contribution in [1.82, 2.24) is 14.3 Å². The Labute approximate surface area is 149 Å². The molecule has 10 heteroatoms. The van der Waals surface area contributed by atoms with Gasteiger partial charge in [0.15, 0.2) is 0 Å². The van der Waals surface area contributed by atoms with E-state index in [1.165, 1.54) is 36.7 Å². The van der Waals surface area contributed by atoms with Crippen molar-refractivity contribution in [2.75, 3.05) is 13.2 Å². The minimum atomic E-state index is -4.06. The van der Waals surface area contributed by atoms with Crippen LogP contribution in [0.2, 0.25) is 0 Å². The molecular weight excluding hydrogens is 362 g/mol. The number of sulfonamides is 1. The first kappa shape index (κ1) is 18.2. The van der Waals surface area contributed by atoms with Crippen molar-refractivity contribution in [3.8, 4) is 5.75 Å². The summed E-state index contributed by atoms with van der Waals surface area (Å²) in [6, 6.07) is 4.33. The second-order valence-corrected chi connectivity index (χ2v) is 7.49. The minimum absolute atomic E-state index is 0.0462. The summed E-state index contributed by atoms with van der Waals surface area (Å²) in [6.07, 6.45) is 2.85. The minimum Gasteiger partial charge on any atom is -0.491 e. The van der Waals surface area contributed by atoms with Crippen LogP contribution < -0.4 is 4.74 Å². The molecular formula is C16H17N3O6S. The largest absolute Gasteiger partial charge is 0.491 e. The normalized spacial score (nSPS) is 17.5. The summed E-state index contributed by atoms with van der Waals surface area (Å²) in [5.41, 5.74) is 0.926. The van der Waals surface area contributed by atoms with Crippen LogP contribution in [0.3, 0.4) is 0 Å². The zero-order valence-corrected chi connectivity index (χ0v) is 14.5. The maximum atomic E-state index is 13.0. The lowest BCUT2D eigenvalue weighted by Crippen LogP contribution is -2.49. The number of rotatable bonds is 6. The maximum absolute atomic E-state index is 13.0. The van der Waals surface area contributed by atoms with E-state index in [9.17, 15) is 18.3 Å². The van der Waals surface area contributed by atoms with Gasteiger partial charge in [0.05, 0.1) is 29.4 Å². The van der Waals surface area contributed by atoms with Gasteiger partial charge in [-0.15, -0.1) is 0 Å². The fraction of sp³-hybridized carbons (Fsp3) is 0.312. The maximum Gasteiger partial charge on any atom is 0.322 e. The highest BCUT2D eigenvalue weighted by Crippen LogP contribution is 2.28. The van der Waals surface area contributed by atoms with Gasteiger partial charge in [-0.25, -0.2) is 8.42 Å². The zero-order chi connectivity index (χ0) is 18.7. The molecule has 0 radical (unpaired) electrons. The highest BCUT2D eigenvalue weighted by molar-refractivity contribution is 7.89. The van der Waals surface area contributed by atoms with Gasteiger partial charge in [0, 0.05) is 18.8 Å². The third kappa shape index (κ3) is 3.52. The molecule has 0 saturated carbocycles. The Kier molecular flexibility index (Phi) is 5.16. The van der Waals surface area contributed by atoms with Crippen LogP contribution in [0.5, 0.6) is 5.75 Å². The summed E-state index contributed by atoms with van der Waals surface area (Å²) in [4.78, 5) is 19.8. The number of carbonyl (C=O) groups is 1. The molecule has 2 N–H and O–H groups in total. The second kappa shape index (κ2) is 7.36. The number of aromatic nitrogens is 2. The lowest BCUT2D eigenvalue weighted by atomic mass is 10.1. The Bertz CT molecular complexity index is 900. The molecule has 0 saturated heterocycles. The molecule has 1 aliphatic heterocycles. The van der Waals surface area contributed by atoms with Crippen LogP contribution in [-0.2, 0) is 27.8 Å². The van der Waals surface area contributed by atoms with Gasteiger partial charge in [-0.05, 0) is 24.3 Å². The number of aliphatic hydroxyl groups excluding tert-OH is 1. The Hall–Kier alpha value is -2.56. The summed E-state index contributed by atoms with van der Waals surface area (Å²) < 4.78 is 32.1. The highest BCUT2D eigenvalue weighted by atomic mass is 32.2. The van der Waals surface area contributed by atoms with E-state index in [0.29, 0.717) is 17.1 Å². The van der Waals surface area contributed by atoms with Crippen molar-refractivity contribution >= 4 is 16.0 Å². The van der Waals surface area contributed by atoms with Gasteiger partial charge in [0.1, 0.15) is 18.4 Å². The van der Waals surface area contributed by atoms with Crippen molar-refractivity contribution in [2.24, 2.45) is 0 Å². The van der Waals surface area contributed by atoms with Crippen molar-refractivity contribution in [3.05, 3.63) is 48.0 Å². The van der Waals surface area contributed by atoms with Crippen LogP contribution >= 0.6 is 0 Å². The third-order valence-electron chi connectivity index (χ3n) is 3.98. The van der Waals surface area contributed by atoms with Gasteiger partial charge >= 0.3 is 5.97 Å². The topological polar surface area (TPSA) is 130 Å². The number of aliphatic hydroxyl groups is 1. The molecule has 26 heavy (non-hydrogen) atoms. The summed E-state index contributed by atoms with van der Waals surface area (Å²) >= 11 is 0. The van der Waals surface area contributed by atoms with Crippen molar-refractivity contribution < 1.29 is 28.2 Å². The van der Waals surface area contributed by atoms with Gasteiger partial charge in [0.2, 0.25) is 10.0 Å². The van der Waals surface area contributed by atoms with Gasteiger partial charge in [-0.1, -0.05) is 0 Å². The molecule has 2 heterocycles. The molecule has 3 rings (SSSR count). The quantitative estimate of drug-likeness (QED) is 0.720. The van der Waals surface area contributed by atoms with Crippen molar-refractivity contribution in [1.29, 1.82) is 0 Å². The number of carboxylic acid groups (broad SMARTS) is 1. The van der Waals surface area contributed by atoms with E-state index >= 15 is 0 Å². The van der Waals surface area contributed by atoms with Crippen molar-refractivity contribution in [3.63, 3.8) is 0 Å². The summed E-state index contributed by atoms with van der Waals surface area (Å²) in [5.74, 6) is -0.838. The van der Waals surface area contributed by atoms with E-state index in [-0.39, 0.29) is 31.1 Å². The number of nitrogens with zero attached hydrogens (tertiary/aromatic N) is 3. The molecule has 138 valence electrons. The number of hydrogen-bond donors (Lipinski definition) is 2. The number of benzene rings is 1. The molecule has 0 fully saturated rings. The van der Waals surface area contributed by atoms with Crippen LogP contribution in [0.1, 0.15) is 11.4 Å². The van der Waals surface area contributed by atoms with Crippen LogP contribution in [0.4, 0.5) is 0 Å². The Balaban J connectivity index is 1.93. The molecule has 1 atom stereocenters. The van der Waals surface area contributed by atoms with Crippen LogP contribution in [0.25, 0.3) is 0 Å². The first-order valence-corrected chi connectivity index (χ1v) is 9.24. The Morgan fingerprint density at radius 1 is 1.19 bits per heavy atom. The Morgan fingerprint density at radius 3 is 2.46 bits per heavy atom. The van der Waals surface area contributed by atoms with E-state index < -0.39 is 22.0 Å². The standard InChI is InChI=1S/C16H17N3O6S/c20-7-8-25-11-1-3-12(4-2-11)26(23,24)19-10-14-13(17-5-6-18-14)9-15(19)16(21)22/h1-6,15,20H,7-10H2,(H,21,22)/t15-/m1/s1. The number of aliphatic carboxylic acids is 1. The summed E-state index contributed by atoms with van der Waals surface area (Å²) in [7, 11) is -4.06. The molecule has 1 aromatic heterocycles. The third-order valence-corrected chi connectivity index (χ3v) is 5.84. The van der Waals surface area contributed by atoms with Crippen LogP contribution in [0, 0.1) is 0 Å². The first-order chi connectivity index (χ1) is 12.4. The second-order valence-electron chi connectivity index (χ2n) is 5.60. The molecule has 9 nitrogen and oxygen atoms in total. The number of hydrogen-bond acceptors (Lipinski definition) is 7. The van der Waals surface area contributed by atoms with Gasteiger partial charge < -0.3 is 14.9 Å². The number of fused-ring (bicyclic) bond motifs is 1. The van der Waals surface area contributed by atoms with Gasteiger partial charge in [-0.3, -0.25) is 14.8 Å². The lowest BCUT2D eigenvalue weighted by molar-refractivity contribution is -0.141. The molecule has 0 amide bonds.